The molecule has 1 unspecified atom stereocenters. The van der Waals surface area contributed by atoms with Gasteiger partial charge in [0.1, 0.15) is 0 Å². The van der Waals surface area contributed by atoms with Gasteiger partial charge in [0.2, 0.25) is 11.8 Å². The monoisotopic (exact) mass is 268 g/mol. The van der Waals surface area contributed by atoms with Gasteiger partial charge in [0.05, 0.1) is 11.5 Å². The summed E-state index contributed by atoms with van der Waals surface area (Å²) in [5.74, 6) is -0.180. The van der Waals surface area contributed by atoms with E-state index in [-0.39, 0.29) is 17.7 Å². The number of aliphatic hydroxyl groups is 1. The number of likely N-dealkylation sites (tertiary alicyclic amines) is 1. The quantitative estimate of drug-likeness (QED) is 0.813. The average molecular weight is 268 g/mol. The van der Waals surface area contributed by atoms with Crippen LogP contribution in [0.1, 0.15) is 39.0 Å². The Morgan fingerprint density at radius 3 is 2.63 bits per heavy atom. The van der Waals surface area contributed by atoms with Gasteiger partial charge in [-0.25, -0.2) is 0 Å². The summed E-state index contributed by atoms with van der Waals surface area (Å²) in [6.45, 7) is 3.51. The van der Waals surface area contributed by atoms with E-state index in [2.05, 4.69) is 0 Å². The van der Waals surface area contributed by atoms with E-state index in [0.29, 0.717) is 26.1 Å². The molecule has 1 saturated heterocycles. The first-order valence-electron chi connectivity index (χ1n) is 7.20. The lowest BCUT2D eigenvalue weighted by Gasteiger charge is -2.30. The van der Waals surface area contributed by atoms with Crippen LogP contribution in [-0.4, -0.2) is 59.0 Å². The van der Waals surface area contributed by atoms with Crippen LogP contribution >= 0.6 is 0 Å². The predicted molar refractivity (Wildman–Crippen MR) is 71.4 cm³/mol. The number of amides is 2. The van der Waals surface area contributed by atoms with Crippen molar-refractivity contribution in [3.05, 3.63) is 0 Å². The second-order valence-electron chi connectivity index (χ2n) is 5.96. The van der Waals surface area contributed by atoms with Gasteiger partial charge in [0.25, 0.3) is 0 Å². The van der Waals surface area contributed by atoms with E-state index in [0.717, 1.165) is 25.7 Å². The zero-order valence-corrected chi connectivity index (χ0v) is 11.9. The van der Waals surface area contributed by atoms with Crippen molar-refractivity contribution < 1.29 is 14.7 Å². The minimum absolute atomic E-state index is 0.00961. The molecule has 5 heteroatoms. The first kappa shape index (κ1) is 14.3. The zero-order chi connectivity index (χ0) is 14.0. The molecule has 1 aliphatic heterocycles. The topological polar surface area (TPSA) is 60.9 Å². The van der Waals surface area contributed by atoms with Gasteiger partial charge in [0, 0.05) is 33.1 Å². The Labute approximate surface area is 114 Å². The fraction of sp³-hybridized carbons (Fsp3) is 0.857. The van der Waals surface area contributed by atoms with Crippen LogP contribution in [0.5, 0.6) is 0 Å². The fourth-order valence-electron chi connectivity index (χ4n) is 3.27. The highest BCUT2D eigenvalue weighted by Gasteiger charge is 2.38. The van der Waals surface area contributed by atoms with Crippen LogP contribution in [0.2, 0.25) is 0 Å². The van der Waals surface area contributed by atoms with Crippen molar-refractivity contribution in [2.24, 2.45) is 5.92 Å². The molecule has 1 heterocycles. The Morgan fingerprint density at radius 2 is 2.11 bits per heavy atom. The Kier molecular flexibility index (Phi) is 4.13. The highest BCUT2D eigenvalue weighted by molar-refractivity contribution is 5.89. The molecule has 19 heavy (non-hydrogen) atoms. The summed E-state index contributed by atoms with van der Waals surface area (Å²) in [7, 11) is 1.73. The maximum atomic E-state index is 12.3. The second kappa shape index (κ2) is 5.49. The molecule has 0 aromatic rings. The Balaban J connectivity index is 1.91. The lowest BCUT2D eigenvalue weighted by Crippen LogP contribution is -2.44. The summed E-state index contributed by atoms with van der Waals surface area (Å²) in [5.41, 5.74) is -0.711. The van der Waals surface area contributed by atoms with Crippen molar-refractivity contribution in [1.29, 1.82) is 0 Å². The summed E-state index contributed by atoms with van der Waals surface area (Å²) in [5, 5.41) is 10.3. The van der Waals surface area contributed by atoms with Gasteiger partial charge in [-0.05, 0) is 19.8 Å². The number of rotatable bonds is 4. The molecule has 108 valence electrons. The largest absolute Gasteiger partial charge is 0.388 e. The van der Waals surface area contributed by atoms with Crippen LogP contribution in [0.15, 0.2) is 0 Å². The summed E-state index contributed by atoms with van der Waals surface area (Å²) < 4.78 is 0. The molecule has 2 fully saturated rings. The molecule has 1 N–H and O–H groups in total. The van der Waals surface area contributed by atoms with Gasteiger partial charge in [-0.15, -0.1) is 0 Å². The smallest absolute Gasteiger partial charge is 0.227 e. The van der Waals surface area contributed by atoms with E-state index in [1.54, 1.807) is 16.8 Å². The summed E-state index contributed by atoms with van der Waals surface area (Å²) >= 11 is 0. The molecule has 0 aromatic carbocycles. The van der Waals surface area contributed by atoms with Gasteiger partial charge >= 0.3 is 0 Å². The first-order valence-corrected chi connectivity index (χ1v) is 7.20. The van der Waals surface area contributed by atoms with Gasteiger partial charge in [0.15, 0.2) is 0 Å². The van der Waals surface area contributed by atoms with Crippen molar-refractivity contribution >= 4 is 11.8 Å². The van der Waals surface area contributed by atoms with Crippen LogP contribution in [0, 0.1) is 5.92 Å². The average Bonchev–Trinajstić information content (AvgIpc) is 2.94. The zero-order valence-electron chi connectivity index (χ0n) is 11.9. The standard InChI is InChI=1S/C14H24N2O3/c1-3-16-9-11(8-12(16)17)13(18)15(2)10-14(19)6-4-5-7-14/h11,19H,3-10H2,1-2H3. The molecule has 5 nitrogen and oxygen atoms in total. The molecule has 1 saturated carbocycles. The maximum Gasteiger partial charge on any atom is 0.227 e. The van der Waals surface area contributed by atoms with Gasteiger partial charge in [-0.3, -0.25) is 9.59 Å². The SMILES string of the molecule is CCN1CC(C(=O)N(C)CC2(O)CCCC2)CC1=O. The minimum atomic E-state index is -0.711. The summed E-state index contributed by atoms with van der Waals surface area (Å²) in [4.78, 5) is 27.3. The van der Waals surface area contributed by atoms with Crippen LogP contribution < -0.4 is 0 Å². The normalized spacial score (nSPS) is 25.9. The summed E-state index contributed by atoms with van der Waals surface area (Å²) in [6.07, 6.45) is 3.92. The van der Waals surface area contributed by atoms with Crippen LogP contribution in [-0.2, 0) is 9.59 Å². The highest BCUT2D eigenvalue weighted by atomic mass is 16.3. The van der Waals surface area contributed by atoms with Crippen molar-refractivity contribution in [2.75, 3.05) is 26.7 Å². The number of hydrogen-bond donors (Lipinski definition) is 1. The van der Waals surface area contributed by atoms with Gasteiger partial charge < -0.3 is 14.9 Å². The third-order valence-corrected chi connectivity index (χ3v) is 4.39. The molecule has 0 aromatic heterocycles. The number of hydrogen-bond acceptors (Lipinski definition) is 3. The minimum Gasteiger partial charge on any atom is -0.388 e. The maximum absolute atomic E-state index is 12.3. The third-order valence-electron chi connectivity index (χ3n) is 4.39. The van der Waals surface area contributed by atoms with Crippen molar-refractivity contribution in [2.45, 2.75) is 44.6 Å². The lowest BCUT2D eigenvalue weighted by atomic mass is 10.0. The molecule has 1 aliphatic carbocycles. The molecule has 0 spiro atoms. The van der Waals surface area contributed by atoms with Crippen molar-refractivity contribution in [3.63, 3.8) is 0 Å². The third kappa shape index (κ3) is 3.08. The molecule has 0 radical (unpaired) electrons. The molecule has 1 atom stereocenters. The highest BCUT2D eigenvalue weighted by Crippen LogP contribution is 2.30. The van der Waals surface area contributed by atoms with Gasteiger partial charge in [-0.1, -0.05) is 12.8 Å². The van der Waals surface area contributed by atoms with E-state index in [1.807, 2.05) is 6.92 Å². The number of carbonyl (C=O) groups is 2. The molecule has 2 amide bonds. The first-order chi connectivity index (χ1) is 8.95. The number of likely N-dealkylation sites (N-methyl/N-ethyl adjacent to an activating group) is 1. The molecular weight excluding hydrogens is 244 g/mol. The molecule has 2 aliphatic rings. The molecular formula is C14H24N2O3. The molecule has 2 rings (SSSR count). The van der Waals surface area contributed by atoms with Crippen LogP contribution in [0.3, 0.4) is 0 Å². The van der Waals surface area contributed by atoms with Crippen LogP contribution in [0.25, 0.3) is 0 Å². The lowest BCUT2D eigenvalue weighted by molar-refractivity contribution is -0.137. The van der Waals surface area contributed by atoms with E-state index < -0.39 is 5.60 Å². The van der Waals surface area contributed by atoms with Crippen LogP contribution in [0.4, 0.5) is 0 Å². The Morgan fingerprint density at radius 1 is 1.47 bits per heavy atom. The van der Waals surface area contributed by atoms with Crippen molar-refractivity contribution in [3.8, 4) is 0 Å². The van der Waals surface area contributed by atoms with Crippen molar-refractivity contribution in [1.82, 2.24) is 9.80 Å². The number of carbonyl (C=O) groups excluding carboxylic acids is 2. The number of nitrogens with zero attached hydrogens (tertiary/aromatic N) is 2. The van der Waals surface area contributed by atoms with E-state index in [1.165, 1.54) is 0 Å². The predicted octanol–water partition coefficient (Wildman–Crippen LogP) is 0.618. The van der Waals surface area contributed by atoms with Gasteiger partial charge in [-0.2, -0.15) is 0 Å². The Hall–Kier alpha value is -1.10. The second-order valence-corrected chi connectivity index (χ2v) is 5.96. The van der Waals surface area contributed by atoms with E-state index in [9.17, 15) is 14.7 Å². The Bertz CT molecular complexity index is 364. The summed E-state index contributed by atoms with van der Waals surface area (Å²) in [6, 6.07) is 0. The fourth-order valence-corrected chi connectivity index (χ4v) is 3.27. The van der Waals surface area contributed by atoms with E-state index >= 15 is 0 Å². The van der Waals surface area contributed by atoms with E-state index in [4.69, 9.17) is 0 Å². The molecule has 0 bridgehead atoms.